The summed E-state index contributed by atoms with van der Waals surface area (Å²) in [6.07, 6.45) is 6.40. The van der Waals surface area contributed by atoms with Crippen LogP contribution in [0.5, 0.6) is 0 Å². The van der Waals surface area contributed by atoms with E-state index in [1.54, 1.807) is 13.3 Å². The van der Waals surface area contributed by atoms with E-state index in [2.05, 4.69) is 33.7 Å². The molecule has 2 heterocycles. The number of aromatic nitrogens is 3. The van der Waals surface area contributed by atoms with Crippen molar-refractivity contribution in [2.45, 2.75) is 71.6 Å². The van der Waals surface area contributed by atoms with E-state index in [0.29, 0.717) is 18.0 Å². The normalized spacial score (nSPS) is 22.0. The van der Waals surface area contributed by atoms with Gasteiger partial charge in [0, 0.05) is 32.1 Å². The van der Waals surface area contributed by atoms with Crippen LogP contribution in [0.2, 0.25) is 0 Å². The first-order valence-electron chi connectivity index (χ1n) is 8.92. The van der Waals surface area contributed by atoms with E-state index in [0.717, 1.165) is 32.0 Å². The third-order valence-corrected chi connectivity index (χ3v) is 4.88. The lowest BCUT2D eigenvalue weighted by Crippen LogP contribution is -2.43. The molecule has 6 nitrogen and oxygen atoms in total. The predicted octanol–water partition coefficient (Wildman–Crippen LogP) is 1.91. The average Bonchev–Trinajstić information content (AvgIpc) is 3.08. The van der Waals surface area contributed by atoms with Gasteiger partial charge in [0.25, 0.3) is 0 Å². The summed E-state index contributed by atoms with van der Waals surface area (Å²) in [6, 6.07) is 0.961. The maximum atomic E-state index is 11.9. The zero-order valence-electron chi connectivity index (χ0n) is 14.6. The van der Waals surface area contributed by atoms with Crippen LogP contribution in [-0.2, 0) is 17.9 Å². The van der Waals surface area contributed by atoms with Crippen LogP contribution in [0.25, 0.3) is 0 Å². The van der Waals surface area contributed by atoms with Gasteiger partial charge in [-0.05, 0) is 38.1 Å². The van der Waals surface area contributed by atoms with Gasteiger partial charge in [-0.2, -0.15) is 5.10 Å². The summed E-state index contributed by atoms with van der Waals surface area (Å²) < 4.78 is 2.03. The molecule has 3 rings (SSSR count). The Balaban J connectivity index is 1.63. The van der Waals surface area contributed by atoms with Crippen LogP contribution in [0.3, 0.4) is 0 Å². The molecule has 1 saturated heterocycles. The highest BCUT2D eigenvalue weighted by Gasteiger charge is 2.35. The van der Waals surface area contributed by atoms with Gasteiger partial charge in [0.1, 0.15) is 12.2 Å². The van der Waals surface area contributed by atoms with E-state index in [9.17, 15) is 4.79 Å². The number of carbonyl (C=O) groups is 1. The lowest BCUT2D eigenvalue weighted by molar-refractivity contribution is -0.130. The molecule has 0 aromatic carbocycles. The van der Waals surface area contributed by atoms with E-state index >= 15 is 0 Å². The van der Waals surface area contributed by atoms with Crippen LogP contribution >= 0.6 is 0 Å². The van der Waals surface area contributed by atoms with Gasteiger partial charge >= 0.3 is 0 Å². The fourth-order valence-electron chi connectivity index (χ4n) is 3.55. The minimum Gasteiger partial charge on any atom is -0.338 e. The molecule has 0 spiro atoms. The van der Waals surface area contributed by atoms with Crippen molar-refractivity contribution in [2.75, 3.05) is 13.1 Å². The number of carbonyl (C=O) groups excluding carboxylic acids is 1. The zero-order chi connectivity index (χ0) is 16.4. The quantitative estimate of drug-likeness (QED) is 0.770. The zero-order valence-corrected chi connectivity index (χ0v) is 14.6. The van der Waals surface area contributed by atoms with Crippen molar-refractivity contribution in [1.82, 2.24) is 24.6 Å². The number of rotatable bonds is 7. The molecule has 1 amide bonds. The third-order valence-electron chi connectivity index (χ3n) is 4.88. The Morgan fingerprint density at radius 3 is 2.83 bits per heavy atom. The molecule has 1 saturated carbocycles. The molecule has 128 valence electrons. The standard InChI is InChI=1S/C17H29N5O/c1-13(2)9-22-17(18-12-19-22)11-20-8-4-5-16(20)10-21(14(3)23)15-6-7-15/h12-13,15-16H,4-11H2,1-3H3. The number of nitrogens with zero attached hydrogens (tertiary/aromatic N) is 5. The fourth-order valence-corrected chi connectivity index (χ4v) is 3.55. The molecule has 0 bridgehead atoms. The Hall–Kier alpha value is -1.43. The van der Waals surface area contributed by atoms with Gasteiger partial charge in [0.15, 0.2) is 0 Å². The molecule has 0 N–H and O–H groups in total. The molecular formula is C17H29N5O. The van der Waals surface area contributed by atoms with Gasteiger partial charge in [-0.3, -0.25) is 9.69 Å². The molecule has 1 unspecified atom stereocenters. The van der Waals surface area contributed by atoms with E-state index in [1.165, 1.54) is 25.7 Å². The molecule has 1 aliphatic carbocycles. The first-order chi connectivity index (χ1) is 11.0. The SMILES string of the molecule is CC(=O)N(CC1CCCN1Cc1ncnn1CC(C)C)C1CC1. The lowest BCUT2D eigenvalue weighted by atomic mass is 10.2. The second-order valence-corrected chi connectivity index (χ2v) is 7.42. The second-order valence-electron chi connectivity index (χ2n) is 7.42. The molecule has 23 heavy (non-hydrogen) atoms. The minimum atomic E-state index is 0.224. The summed E-state index contributed by atoms with van der Waals surface area (Å²) in [5, 5.41) is 4.37. The summed E-state index contributed by atoms with van der Waals surface area (Å²) in [6.45, 7) is 9.82. The Bertz CT molecular complexity index is 537. The van der Waals surface area contributed by atoms with Gasteiger partial charge in [0.2, 0.25) is 5.91 Å². The fraction of sp³-hybridized carbons (Fsp3) is 0.824. The van der Waals surface area contributed by atoms with Crippen molar-refractivity contribution in [1.29, 1.82) is 0 Å². The Labute approximate surface area is 138 Å². The maximum absolute atomic E-state index is 11.9. The number of hydrogen-bond donors (Lipinski definition) is 0. The highest BCUT2D eigenvalue weighted by molar-refractivity contribution is 5.74. The minimum absolute atomic E-state index is 0.224. The summed E-state index contributed by atoms with van der Waals surface area (Å²) in [5.74, 6) is 1.83. The van der Waals surface area contributed by atoms with Crippen LogP contribution in [-0.4, -0.2) is 55.6 Å². The van der Waals surface area contributed by atoms with Crippen LogP contribution in [0.15, 0.2) is 6.33 Å². The molecular weight excluding hydrogens is 290 g/mol. The lowest BCUT2D eigenvalue weighted by Gasteiger charge is -2.30. The van der Waals surface area contributed by atoms with Crippen molar-refractivity contribution in [2.24, 2.45) is 5.92 Å². The average molecular weight is 319 g/mol. The van der Waals surface area contributed by atoms with Crippen LogP contribution in [0.1, 0.15) is 52.3 Å². The van der Waals surface area contributed by atoms with E-state index in [1.807, 2.05) is 4.68 Å². The summed E-state index contributed by atoms with van der Waals surface area (Å²) in [7, 11) is 0. The molecule has 1 aliphatic heterocycles. The summed E-state index contributed by atoms with van der Waals surface area (Å²) >= 11 is 0. The number of amides is 1. The number of hydrogen-bond acceptors (Lipinski definition) is 4. The Morgan fingerprint density at radius 2 is 2.17 bits per heavy atom. The van der Waals surface area contributed by atoms with Crippen LogP contribution in [0, 0.1) is 5.92 Å². The van der Waals surface area contributed by atoms with E-state index in [-0.39, 0.29) is 5.91 Å². The van der Waals surface area contributed by atoms with Crippen molar-refractivity contribution >= 4 is 5.91 Å². The Kier molecular flexibility index (Phi) is 4.99. The molecule has 1 aromatic heterocycles. The molecule has 1 atom stereocenters. The van der Waals surface area contributed by atoms with Gasteiger partial charge in [0.05, 0.1) is 6.54 Å². The largest absolute Gasteiger partial charge is 0.338 e. The molecule has 1 aromatic rings. The van der Waals surface area contributed by atoms with E-state index < -0.39 is 0 Å². The number of likely N-dealkylation sites (tertiary alicyclic amines) is 1. The molecule has 0 radical (unpaired) electrons. The second kappa shape index (κ2) is 6.99. The summed E-state index contributed by atoms with van der Waals surface area (Å²) in [5.41, 5.74) is 0. The maximum Gasteiger partial charge on any atom is 0.219 e. The van der Waals surface area contributed by atoms with Crippen molar-refractivity contribution < 1.29 is 4.79 Å². The van der Waals surface area contributed by atoms with Gasteiger partial charge < -0.3 is 4.90 Å². The van der Waals surface area contributed by atoms with E-state index in [4.69, 9.17) is 0 Å². The molecule has 6 heteroatoms. The van der Waals surface area contributed by atoms with Crippen molar-refractivity contribution in [3.05, 3.63) is 12.2 Å². The van der Waals surface area contributed by atoms with Crippen molar-refractivity contribution in [3.63, 3.8) is 0 Å². The van der Waals surface area contributed by atoms with Gasteiger partial charge in [-0.1, -0.05) is 13.8 Å². The van der Waals surface area contributed by atoms with Gasteiger partial charge in [-0.15, -0.1) is 0 Å². The van der Waals surface area contributed by atoms with Crippen LogP contribution < -0.4 is 0 Å². The van der Waals surface area contributed by atoms with Crippen molar-refractivity contribution in [3.8, 4) is 0 Å². The van der Waals surface area contributed by atoms with Crippen LogP contribution in [0.4, 0.5) is 0 Å². The van der Waals surface area contributed by atoms with Gasteiger partial charge in [-0.25, -0.2) is 9.67 Å². The summed E-state index contributed by atoms with van der Waals surface area (Å²) in [4.78, 5) is 20.9. The smallest absolute Gasteiger partial charge is 0.219 e. The third kappa shape index (κ3) is 4.10. The first-order valence-corrected chi connectivity index (χ1v) is 8.92. The highest BCUT2D eigenvalue weighted by atomic mass is 16.2. The molecule has 2 aliphatic rings. The highest BCUT2D eigenvalue weighted by Crippen LogP contribution is 2.29. The topological polar surface area (TPSA) is 54.3 Å². The first kappa shape index (κ1) is 16.4. The monoisotopic (exact) mass is 319 g/mol. The predicted molar refractivity (Wildman–Crippen MR) is 88.7 cm³/mol. The molecule has 2 fully saturated rings. The Morgan fingerprint density at radius 1 is 1.39 bits per heavy atom.